The van der Waals surface area contributed by atoms with Crippen LogP contribution in [-0.2, 0) is 20.3 Å². The molecule has 0 saturated carbocycles. The molecule has 0 fully saturated rings. The van der Waals surface area contributed by atoms with E-state index in [0.29, 0.717) is 28.0 Å². The summed E-state index contributed by atoms with van der Waals surface area (Å²) in [4.78, 5) is 0. The lowest BCUT2D eigenvalue weighted by molar-refractivity contribution is -0.137. The molecule has 7 heteroatoms. The first-order chi connectivity index (χ1) is 9.77. The zero-order valence-electron chi connectivity index (χ0n) is 11.4. The van der Waals surface area contributed by atoms with Gasteiger partial charge in [-0.1, -0.05) is 0 Å². The minimum atomic E-state index is -4.37. The Balaban J connectivity index is 2.27. The monoisotopic (exact) mass is 294 g/mol. The van der Waals surface area contributed by atoms with Crippen molar-refractivity contribution in [3.63, 3.8) is 0 Å². The maximum atomic E-state index is 12.9. The molecule has 3 rings (SSSR count). The summed E-state index contributed by atoms with van der Waals surface area (Å²) in [6, 6.07) is 5.34. The number of anilines is 1. The predicted molar refractivity (Wildman–Crippen MR) is 74.5 cm³/mol. The summed E-state index contributed by atoms with van der Waals surface area (Å²) in [5.41, 5.74) is 6.96. The van der Waals surface area contributed by atoms with Crippen LogP contribution in [0.2, 0.25) is 0 Å². The summed E-state index contributed by atoms with van der Waals surface area (Å²) in [5, 5.41) is 4.74. The van der Waals surface area contributed by atoms with Crippen LogP contribution in [0.4, 0.5) is 19.0 Å². The Bertz CT molecular complexity index is 807. The number of hydrogen-bond acceptors (Lipinski definition) is 2. The zero-order valence-corrected chi connectivity index (χ0v) is 11.4. The molecule has 0 bridgehead atoms. The highest BCUT2D eigenvalue weighted by atomic mass is 19.4. The topological polar surface area (TPSA) is 48.8 Å². The average Bonchev–Trinajstić information content (AvgIpc) is 2.90. The maximum Gasteiger partial charge on any atom is 0.416 e. The van der Waals surface area contributed by atoms with Crippen molar-refractivity contribution < 1.29 is 13.2 Å². The van der Waals surface area contributed by atoms with Crippen LogP contribution in [0.3, 0.4) is 0 Å². The van der Waals surface area contributed by atoms with Crippen molar-refractivity contribution in [1.82, 2.24) is 14.3 Å². The fraction of sp³-hybridized carbons (Fsp3) is 0.214. The summed E-state index contributed by atoms with van der Waals surface area (Å²) >= 11 is 0. The molecule has 2 aromatic heterocycles. The van der Waals surface area contributed by atoms with Crippen molar-refractivity contribution >= 4 is 16.7 Å². The molecule has 0 atom stereocenters. The lowest BCUT2D eigenvalue weighted by atomic mass is 10.1. The van der Waals surface area contributed by atoms with E-state index in [-0.39, 0.29) is 0 Å². The second-order valence-corrected chi connectivity index (χ2v) is 4.96. The number of fused-ring (bicyclic) bond motifs is 1. The molecule has 110 valence electrons. The number of nitrogens with zero attached hydrogens (tertiary/aromatic N) is 3. The van der Waals surface area contributed by atoms with Gasteiger partial charge in [-0.3, -0.25) is 4.68 Å². The van der Waals surface area contributed by atoms with Gasteiger partial charge in [-0.2, -0.15) is 18.3 Å². The Hall–Kier alpha value is -2.44. The number of rotatable bonds is 1. The molecule has 4 nitrogen and oxygen atoms in total. The highest BCUT2D eigenvalue weighted by Gasteiger charge is 2.31. The van der Waals surface area contributed by atoms with E-state index in [1.807, 2.05) is 0 Å². The minimum absolute atomic E-state index is 0.453. The number of aryl methyl sites for hydroxylation is 2. The molecule has 0 unspecified atom stereocenters. The molecular weight excluding hydrogens is 281 g/mol. The number of nitrogens with two attached hydrogens (primary N) is 1. The number of benzene rings is 1. The first-order valence-electron chi connectivity index (χ1n) is 6.23. The Morgan fingerprint density at radius 1 is 1.14 bits per heavy atom. The highest BCUT2D eigenvalue weighted by Crippen LogP contribution is 2.36. The second-order valence-electron chi connectivity index (χ2n) is 4.96. The van der Waals surface area contributed by atoms with Gasteiger partial charge in [0.2, 0.25) is 0 Å². The molecule has 0 aliphatic rings. The third-order valence-corrected chi connectivity index (χ3v) is 3.51. The number of halogens is 3. The van der Waals surface area contributed by atoms with Gasteiger partial charge >= 0.3 is 6.18 Å². The van der Waals surface area contributed by atoms with Gasteiger partial charge in [0.05, 0.1) is 11.3 Å². The fourth-order valence-electron chi connectivity index (χ4n) is 2.39. The molecule has 0 radical (unpaired) electrons. The van der Waals surface area contributed by atoms with Crippen LogP contribution in [-0.4, -0.2) is 14.3 Å². The zero-order chi connectivity index (χ0) is 15.4. The van der Waals surface area contributed by atoms with Gasteiger partial charge in [0, 0.05) is 42.8 Å². The van der Waals surface area contributed by atoms with Gasteiger partial charge in [-0.25, -0.2) is 0 Å². The maximum absolute atomic E-state index is 12.9. The van der Waals surface area contributed by atoms with Gasteiger partial charge in [0.1, 0.15) is 5.82 Å². The SMILES string of the molecule is Cn1nc(-c2cn(C)c3ccc(C(F)(F)F)cc23)cc1N. The summed E-state index contributed by atoms with van der Waals surface area (Å²) in [6.07, 6.45) is -2.61. The van der Waals surface area contributed by atoms with Crippen LogP contribution in [0, 0.1) is 0 Å². The van der Waals surface area contributed by atoms with Crippen molar-refractivity contribution in [1.29, 1.82) is 0 Å². The Morgan fingerprint density at radius 2 is 1.86 bits per heavy atom. The standard InChI is InChI=1S/C14H13F3N4/c1-20-7-10(11-6-13(18)21(2)19-11)9-5-8(14(15,16)17)3-4-12(9)20/h3-7H,18H2,1-2H3. The summed E-state index contributed by atoms with van der Waals surface area (Å²) in [5.74, 6) is 0.453. The minimum Gasteiger partial charge on any atom is -0.384 e. The van der Waals surface area contributed by atoms with E-state index in [4.69, 9.17) is 5.73 Å². The van der Waals surface area contributed by atoms with Crippen LogP contribution >= 0.6 is 0 Å². The van der Waals surface area contributed by atoms with Crippen molar-refractivity contribution in [2.24, 2.45) is 14.1 Å². The largest absolute Gasteiger partial charge is 0.416 e. The Kier molecular flexibility index (Phi) is 2.76. The molecule has 2 N–H and O–H groups in total. The molecule has 0 aliphatic carbocycles. The molecule has 0 amide bonds. The summed E-state index contributed by atoms with van der Waals surface area (Å²) in [6.45, 7) is 0. The average molecular weight is 294 g/mol. The van der Waals surface area contributed by atoms with E-state index in [2.05, 4.69) is 5.10 Å². The van der Waals surface area contributed by atoms with Crippen LogP contribution in [0.1, 0.15) is 5.56 Å². The molecular formula is C14H13F3N4. The summed E-state index contributed by atoms with van der Waals surface area (Å²) < 4.78 is 41.9. The smallest absolute Gasteiger partial charge is 0.384 e. The molecule has 3 aromatic rings. The van der Waals surface area contributed by atoms with Gasteiger partial charge in [-0.15, -0.1) is 0 Å². The number of nitrogen functional groups attached to an aromatic ring is 1. The molecule has 0 saturated heterocycles. The second kappa shape index (κ2) is 4.28. The van der Waals surface area contributed by atoms with Gasteiger partial charge in [-0.05, 0) is 18.2 Å². The molecule has 0 aliphatic heterocycles. The first-order valence-corrected chi connectivity index (χ1v) is 6.23. The van der Waals surface area contributed by atoms with E-state index in [1.54, 1.807) is 30.9 Å². The lowest BCUT2D eigenvalue weighted by Gasteiger charge is -2.07. The van der Waals surface area contributed by atoms with E-state index in [9.17, 15) is 13.2 Å². The van der Waals surface area contributed by atoms with Gasteiger partial charge in [0.15, 0.2) is 0 Å². The van der Waals surface area contributed by atoms with Crippen LogP contribution in [0.5, 0.6) is 0 Å². The van der Waals surface area contributed by atoms with Crippen LogP contribution < -0.4 is 5.73 Å². The Morgan fingerprint density at radius 3 is 2.43 bits per heavy atom. The number of hydrogen-bond donors (Lipinski definition) is 1. The normalized spacial score (nSPS) is 12.2. The Labute approximate surface area is 118 Å². The van der Waals surface area contributed by atoms with E-state index >= 15 is 0 Å². The fourth-order valence-corrected chi connectivity index (χ4v) is 2.39. The third kappa shape index (κ3) is 2.14. The first kappa shape index (κ1) is 13.5. The molecule has 1 aromatic carbocycles. The summed E-state index contributed by atoms with van der Waals surface area (Å²) in [7, 11) is 3.47. The predicted octanol–water partition coefficient (Wildman–Crippen LogP) is 3.18. The van der Waals surface area contributed by atoms with Crippen molar-refractivity contribution in [3.05, 3.63) is 36.0 Å². The molecule has 0 spiro atoms. The number of alkyl halides is 3. The van der Waals surface area contributed by atoms with E-state index < -0.39 is 11.7 Å². The van der Waals surface area contributed by atoms with Crippen molar-refractivity contribution in [2.75, 3.05) is 5.73 Å². The van der Waals surface area contributed by atoms with Crippen LogP contribution in [0.15, 0.2) is 30.5 Å². The quantitative estimate of drug-likeness (QED) is 0.749. The van der Waals surface area contributed by atoms with Crippen molar-refractivity contribution in [2.45, 2.75) is 6.18 Å². The van der Waals surface area contributed by atoms with Crippen LogP contribution in [0.25, 0.3) is 22.2 Å². The lowest BCUT2D eigenvalue weighted by Crippen LogP contribution is -2.04. The van der Waals surface area contributed by atoms with Gasteiger partial charge < -0.3 is 10.3 Å². The van der Waals surface area contributed by atoms with Crippen molar-refractivity contribution in [3.8, 4) is 11.3 Å². The highest BCUT2D eigenvalue weighted by molar-refractivity contribution is 5.96. The van der Waals surface area contributed by atoms with E-state index in [0.717, 1.165) is 12.1 Å². The molecule has 21 heavy (non-hydrogen) atoms. The number of aromatic nitrogens is 3. The molecule has 2 heterocycles. The van der Waals surface area contributed by atoms with E-state index in [1.165, 1.54) is 10.7 Å². The third-order valence-electron chi connectivity index (χ3n) is 3.51. The van der Waals surface area contributed by atoms with Gasteiger partial charge in [0.25, 0.3) is 0 Å².